The monoisotopic (exact) mass is 303 g/mol. The van der Waals surface area contributed by atoms with Gasteiger partial charge < -0.3 is 10.1 Å². The molecule has 2 aromatic rings. The topological polar surface area (TPSA) is 21.3 Å². The Balaban J connectivity index is 2.48. The van der Waals surface area contributed by atoms with Crippen molar-refractivity contribution < 1.29 is 4.74 Å². The number of hydrogen-bond donors (Lipinski definition) is 1. The quantitative estimate of drug-likeness (QED) is 0.830. The van der Waals surface area contributed by atoms with Crippen LogP contribution in [0.1, 0.15) is 46.3 Å². The minimum absolute atomic E-state index is 0.203. The number of aryl methyl sites for hydroxylation is 3. The maximum atomic E-state index is 5.84. The summed E-state index contributed by atoms with van der Waals surface area (Å²) in [7, 11) is 0. The summed E-state index contributed by atoms with van der Waals surface area (Å²) >= 11 is 1.87. The standard InChI is InChI=1S/C18H25NOS/c1-6-19-18(17-11-13(4)14(5)21-17)15-10-12(3)8-9-16(15)20-7-2/h8-11,18-19H,6-7H2,1-5H3. The molecule has 21 heavy (non-hydrogen) atoms. The fourth-order valence-electron chi connectivity index (χ4n) is 2.49. The number of benzene rings is 1. The van der Waals surface area contributed by atoms with Crippen molar-refractivity contribution in [2.24, 2.45) is 0 Å². The van der Waals surface area contributed by atoms with Crippen LogP contribution in [0.2, 0.25) is 0 Å². The first-order valence-corrected chi connectivity index (χ1v) is 8.42. The fourth-order valence-corrected chi connectivity index (χ4v) is 3.63. The molecule has 0 aliphatic rings. The van der Waals surface area contributed by atoms with E-state index in [1.165, 1.54) is 26.4 Å². The summed E-state index contributed by atoms with van der Waals surface area (Å²) in [5, 5.41) is 3.61. The summed E-state index contributed by atoms with van der Waals surface area (Å²) in [6.07, 6.45) is 0. The van der Waals surface area contributed by atoms with Gasteiger partial charge in [0.15, 0.2) is 0 Å². The highest BCUT2D eigenvalue weighted by Gasteiger charge is 2.20. The first-order valence-electron chi connectivity index (χ1n) is 7.60. The van der Waals surface area contributed by atoms with Gasteiger partial charge >= 0.3 is 0 Å². The van der Waals surface area contributed by atoms with Gasteiger partial charge in [-0.1, -0.05) is 24.6 Å². The van der Waals surface area contributed by atoms with Gasteiger partial charge in [-0.25, -0.2) is 0 Å². The van der Waals surface area contributed by atoms with Gasteiger partial charge in [0, 0.05) is 15.3 Å². The van der Waals surface area contributed by atoms with Gasteiger partial charge in [0.1, 0.15) is 5.75 Å². The lowest BCUT2D eigenvalue weighted by Crippen LogP contribution is -2.22. The van der Waals surface area contributed by atoms with E-state index in [0.29, 0.717) is 6.61 Å². The zero-order valence-electron chi connectivity index (χ0n) is 13.6. The molecule has 0 aliphatic carbocycles. The summed E-state index contributed by atoms with van der Waals surface area (Å²) < 4.78 is 5.84. The molecule has 2 nitrogen and oxygen atoms in total. The van der Waals surface area contributed by atoms with Crippen LogP contribution in [0.25, 0.3) is 0 Å². The number of rotatable bonds is 6. The molecule has 0 radical (unpaired) electrons. The lowest BCUT2D eigenvalue weighted by molar-refractivity contribution is 0.333. The Kier molecular flexibility index (Phi) is 5.43. The van der Waals surface area contributed by atoms with E-state index in [4.69, 9.17) is 4.74 Å². The van der Waals surface area contributed by atoms with Crippen LogP contribution >= 0.6 is 11.3 Å². The molecule has 1 heterocycles. The highest BCUT2D eigenvalue weighted by atomic mass is 32.1. The lowest BCUT2D eigenvalue weighted by atomic mass is 10.0. The second-order valence-corrected chi connectivity index (χ2v) is 6.64. The second-order valence-electron chi connectivity index (χ2n) is 5.35. The van der Waals surface area contributed by atoms with Crippen LogP contribution in [-0.2, 0) is 0 Å². The SMILES string of the molecule is CCNC(c1cc(C)c(C)s1)c1cc(C)ccc1OCC. The molecule has 0 saturated heterocycles. The molecule has 1 aromatic carbocycles. The first-order chi connectivity index (χ1) is 10.1. The fraction of sp³-hybridized carbons (Fsp3) is 0.444. The molecule has 3 heteroatoms. The van der Waals surface area contributed by atoms with Gasteiger partial charge in [-0.15, -0.1) is 11.3 Å². The number of ether oxygens (including phenoxy) is 1. The van der Waals surface area contributed by atoms with Gasteiger partial charge in [-0.3, -0.25) is 0 Å². The average Bonchev–Trinajstić information content (AvgIpc) is 2.78. The highest BCUT2D eigenvalue weighted by Crippen LogP contribution is 2.35. The molecule has 0 spiro atoms. The summed E-state index contributed by atoms with van der Waals surface area (Å²) in [4.78, 5) is 2.75. The summed E-state index contributed by atoms with van der Waals surface area (Å²) in [5.74, 6) is 0.984. The number of hydrogen-bond acceptors (Lipinski definition) is 3. The van der Waals surface area contributed by atoms with Crippen LogP contribution in [0.3, 0.4) is 0 Å². The number of thiophene rings is 1. The van der Waals surface area contributed by atoms with Crippen molar-refractivity contribution in [1.82, 2.24) is 5.32 Å². The third-order valence-corrected chi connectivity index (χ3v) is 4.87. The van der Waals surface area contributed by atoms with Crippen LogP contribution in [0, 0.1) is 20.8 Å². The number of nitrogens with one attached hydrogen (secondary N) is 1. The molecule has 0 amide bonds. The molecule has 0 bridgehead atoms. The summed E-state index contributed by atoms with van der Waals surface area (Å²) in [6, 6.07) is 8.94. The van der Waals surface area contributed by atoms with Crippen LogP contribution in [0.5, 0.6) is 5.75 Å². The zero-order chi connectivity index (χ0) is 15.4. The van der Waals surface area contributed by atoms with Gasteiger partial charge in [-0.2, -0.15) is 0 Å². The third kappa shape index (κ3) is 3.66. The average molecular weight is 303 g/mol. The van der Waals surface area contributed by atoms with E-state index in [9.17, 15) is 0 Å². The lowest BCUT2D eigenvalue weighted by Gasteiger charge is -2.21. The van der Waals surface area contributed by atoms with Crippen LogP contribution in [0.15, 0.2) is 24.3 Å². The Morgan fingerprint density at radius 2 is 1.90 bits per heavy atom. The van der Waals surface area contributed by atoms with Crippen LogP contribution in [0.4, 0.5) is 0 Å². The minimum atomic E-state index is 0.203. The predicted octanol–water partition coefficient (Wildman–Crippen LogP) is 4.77. The molecule has 1 unspecified atom stereocenters. The summed E-state index contributed by atoms with van der Waals surface area (Å²) in [6.45, 7) is 12.3. The van der Waals surface area contributed by atoms with Crippen molar-refractivity contribution >= 4 is 11.3 Å². The molecular weight excluding hydrogens is 278 g/mol. The molecule has 2 rings (SSSR count). The Morgan fingerprint density at radius 1 is 1.14 bits per heavy atom. The molecular formula is C18H25NOS. The van der Waals surface area contributed by atoms with Crippen molar-refractivity contribution in [1.29, 1.82) is 0 Å². The summed E-state index contributed by atoms with van der Waals surface area (Å²) in [5.41, 5.74) is 3.87. The third-order valence-electron chi connectivity index (χ3n) is 3.65. The van der Waals surface area contributed by atoms with Crippen LogP contribution in [-0.4, -0.2) is 13.2 Å². The smallest absolute Gasteiger partial charge is 0.124 e. The Labute approximate surface area is 132 Å². The van der Waals surface area contributed by atoms with Gasteiger partial charge in [-0.05, 0) is 51.9 Å². The van der Waals surface area contributed by atoms with Crippen molar-refractivity contribution in [2.45, 2.75) is 40.7 Å². The molecule has 114 valence electrons. The molecule has 1 N–H and O–H groups in total. The van der Waals surface area contributed by atoms with Crippen molar-refractivity contribution in [3.63, 3.8) is 0 Å². The van der Waals surface area contributed by atoms with E-state index < -0.39 is 0 Å². The largest absolute Gasteiger partial charge is 0.494 e. The Bertz CT molecular complexity index is 584. The van der Waals surface area contributed by atoms with E-state index in [1.54, 1.807) is 0 Å². The van der Waals surface area contributed by atoms with Crippen molar-refractivity contribution in [2.75, 3.05) is 13.2 Å². The molecule has 1 aromatic heterocycles. The van der Waals surface area contributed by atoms with E-state index in [0.717, 1.165) is 12.3 Å². The van der Waals surface area contributed by atoms with Gasteiger partial charge in [0.05, 0.1) is 12.6 Å². The minimum Gasteiger partial charge on any atom is -0.494 e. The van der Waals surface area contributed by atoms with E-state index in [1.807, 2.05) is 18.3 Å². The van der Waals surface area contributed by atoms with E-state index in [2.05, 4.69) is 57.3 Å². The van der Waals surface area contributed by atoms with Gasteiger partial charge in [0.2, 0.25) is 0 Å². The van der Waals surface area contributed by atoms with E-state index in [-0.39, 0.29) is 6.04 Å². The van der Waals surface area contributed by atoms with E-state index >= 15 is 0 Å². The Hall–Kier alpha value is -1.32. The Morgan fingerprint density at radius 3 is 2.48 bits per heavy atom. The predicted molar refractivity (Wildman–Crippen MR) is 91.7 cm³/mol. The van der Waals surface area contributed by atoms with Gasteiger partial charge in [0.25, 0.3) is 0 Å². The maximum Gasteiger partial charge on any atom is 0.124 e. The first kappa shape index (κ1) is 16.1. The highest BCUT2D eigenvalue weighted by molar-refractivity contribution is 7.12. The van der Waals surface area contributed by atoms with Crippen LogP contribution < -0.4 is 10.1 Å². The second kappa shape index (κ2) is 7.10. The molecule has 0 saturated carbocycles. The van der Waals surface area contributed by atoms with Crippen molar-refractivity contribution in [3.8, 4) is 5.75 Å². The normalized spacial score (nSPS) is 12.4. The molecule has 0 aliphatic heterocycles. The van der Waals surface area contributed by atoms with Crippen molar-refractivity contribution in [3.05, 3.63) is 50.7 Å². The molecule has 0 fully saturated rings. The maximum absolute atomic E-state index is 5.84. The molecule has 1 atom stereocenters. The zero-order valence-corrected chi connectivity index (χ0v) is 14.4.